The summed E-state index contributed by atoms with van der Waals surface area (Å²) < 4.78 is 15.0. The number of thiophene rings is 1. The summed E-state index contributed by atoms with van der Waals surface area (Å²) in [5.41, 5.74) is 2.37. The fraction of sp³-hybridized carbons (Fsp3) is 0.286. The first-order valence-corrected chi connectivity index (χ1v) is 14.1. The molecular weight excluding hydrogens is 532 g/mol. The number of amides is 1. The van der Waals surface area contributed by atoms with Crippen LogP contribution in [0.4, 0.5) is 0 Å². The van der Waals surface area contributed by atoms with Gasteiger partial charge in [-0.15, -0.1) is 21.5 Å². The number of para-hydroxylation sites is 1. The molecule has 0 aliphatic carbocycles. The molecule has 0 bridgehead atoms. The van der Waals surface area contributed by atoms with Gasteiger partial charge in [0.2, 0.25) is 5.91 Å². The fourth-order valence-electron chi connectivity index (χ4n) is 4.16. The summed E-state index contributed by atoms with van der Waals surface area (Å²) in [6.07, 6.45) is 0. The molecule has 1 amide bonds. The highest BCUT2D eigenvalue weighted by molar-refractivity contribution is 7.99. The lowest BCUT2D eigenvalue weighted by Crippen LogP contribution is -2.41. The van der Waals surface area contributed by atoms with E-state index in [1.165, 1.54) is 11.8 Å². The predicted molar refractivity (Wildman–Crippen MR) is 156 cm³/mol. The minimum Gasteiger partial charge on any atom is -0.497 e. The molecular formula is C28H30N6O3S2. The molecule has 2 aromatic carbocycles. The molecule has 11 heteroatoms. The Bertz CT molecular complexity index is 1610. The van der Waals surface area contributed by atoms with E-state index in [4.69, 9.17) is 14.6 Å². The number of carbonyl (C=O) groups is 1. The highest BCUT2D eigenvalue weighted by Crippen LogP contribution is 2.39. The van der Waals surface area contributed by atoms with Gasteiger partial charge in [0, 0.05) is 29.1 Å². The fourth-order valence-corrected chi connectivity index (χ4v) is 6.07. The molecule has 0 aliphatic rings. The Morgan fingerprint density at radius 3 is 2.33 bits per heavy atom. The smallest absolute Gasteiger partial charge is 0.230 e. The molecule has 0 saturated carbocycles. The van der Waals surface area contributed by atoms with Crippen LogP contribution >= 0.6 is 23.1 Å². The first-order chi connectivity index (χ1) is 18.7. The molecule has 5 aromatic rings. The zero-order valence-electron chi connectivity index (χ0n) is 22.7. The van der Waals surface area contributed by atoms with E-state index in [9.17, 15) is 4.79 Å². The zero-order valence-corrected chi connectivity index (χ0v) is 24.3. The van der Waals surface area contributed by atoms with Crippen molar-refractivity contribution >= 4 is 39.2 Å². The predicted octanol–water partition coefficient (Wildman–Crippen LogP) is 5.67. The number of aromatic nitrogens is 5. The van der Waals surface area contributed by atoms with Crippen LogP contribution in [0.1, 0.15) is 26.5 Å². The van der Waals surface area contributed by atoms with E-state index >= 15 is 0 Å². The molecule has 0 unspecified atom stereocenters. The van der Waals surface area contributed by atoms with Crippen molar-refractivity contribution in [1.29, 1.82) is 0 Å². The molecule has 3 aromatic heterocycles. The summed E-state index contributed by atoms with van der Waals surface area (Å²) in [5.74, 6) is 2.05. The topological polar surface area (TPSA) is 96.1 Å². The Hall–Kier alpha value is -3.83. The maximum Gasteiger partial charge on any atom is 0.230 e. The first kappa shape index (κ1) is 26.8. The minimum absolute atomic E-state index is 0.0766. The average Bonchev–Trinajstić information content (AvgIpc) is 3.61. The van der Waals surface area contributed by atoms with Crippen LogP contribution in [0.25, 0.3) is 32.3 Å². The number of hydrogen-bond acceptors (Lipinski definition) is 8. The molecule has 0 atom stereocenters. The van der Waals surface area contributed by atoms with Gasteiger partial charge in [0.1, 0.15) is 16.3 Å². The Morgan fingerprint density at radius 2 is 1.69 bits per heavy atom. The van der Waals surface area contributed by atoms with E-state index < -0.39 is 0 Å². The molecule has 0 spiro atoms. The molecule has 3 heterocycles. The van der Waals surface area contributed by atoms with E-state index in [-0.39, 0.29) is 17.2 Å². The van der Waals surface area contributed by atoms with E-state index in [1.54, 1.807) is 25.6 Å². The van der Waals surface area contributed by atoms with Gasteiger partial charge in [-0.1, -0.05) is 30.0 Å². The summed E-state index contributed by atoms with van der Waals surface area (Å²) in [7, 11) is 3.23. The quantitative estimate of drug-likeness (QED) is 0.244. The van der Waals surface area contributed by atoms with Gasteiger partial charge in [-0.2, -0.15) is 5.10 Å². The van der Waals surface area contributed by atoms with Crippen molar-refractivity contribution in [3.05, 3.63) is 60.3 Å². The number of ether oxygens (including phenoxy) is 2. The second kappa shape index (κ2) is 10.7. The molecule has 202 valence electrons. The third kappa shape index (κ3) is 5.64. The van der Waals surface area contributed by atoms with Crippen molar-refractivity contribution in [3.8, 4) is 33.6 Å². The Labute approximate surface area is 235 Å². The second-order valence-electron chi connectivity index (χ2n) is 9.96. The summed E-state index contributed by atoms with van der Waals surface area (Å²) in [4.78, 5) is 14.6. The normalized spacial score (nSPS) is 11.6. The maximum atomic E-state index is 12.6. The van der Waals surface area contributed by atoms with E-state index in [2.05, 4.69) is 21.6 Å². The van der Waals surface area contributed by atoms with Crippen molar-refractivity contribution < 1.29 is 14.3 Å². The van der Waals surface area contributed by atoms with Crippen LogP contribution in [0, 0.1) is 6.92 Å². The number of carbonyl (C=O) groups excluding carboxylic acids is 1. The SMILES string of the molecule is COc1cc(OC)cc(-n2c(SCC(=O)NC(C)(C)C)nnc2-c2cc3c(C)nn(-c4ccccc4)c3s2)c1. The summed E-state index contributed by atoms with van der Waals surface area (Å²) >= 11 is 2.92. The van der Waals surface area contributed by atoms with Crippen molar-refractivity contribution in [2.24, 2.45) is 0 Å². The molecule has 0 radical (unpaired) electrons. The van der Waals surface area contributed by atoms with E-state index in [0.717, 1.165) is 32.2 Å². The number of thioether (sulfide) groups is 1. The third-order valence-corrected chi connectivity index (χ3v) is 7.88. The van der Waals surface area contributed by atoms with Crippen LogP contribution in [-0.2, 0) is 4.79 Å². The van der Waals surface area contributed by atoms with Gasteiger partial charge < -0.3 is 14.8 Å². The second-order valence-corrected chi connectivity index (χ2v) is 11.9. The molecule has 9 nitrogen and oxygen atoms in total. The molecule has 39 heavy (non-hydrogen) atoms. The molecule has 5 rings (SSSR count). The van der Waals surface area contributed by atoms with Crippen molar-refractivity contribution in [2.45, 2.75) is 38.4 Å². The van der Waals surface area contributed by atoms with Crippen LogP contribution in [0.2, 0.25) is 0 Å². The number of benzene rings is 2. The van der Waals surface area contributed by atoms with Gasteiger partial charge >= 0.3 is 0 Å². The highest BCUT2D eigenvalue weighted by atomic mass is 32.2. The molecule has 0 fully saturated rings. The van der Waals surface area contributed by atoms with E-state index in [0.29, 0.717) is 22.5 Å². The number of nitrogens with one attached hydrogen (secondary N) is 1. The zero-order chi connectivity index (χ0) is 27.7. The van der Waals surface area contributed by atoms with Gasteiger partial charge in [0.25, 0.3) is 0 Å². The highest BCUT2D eigenvalue weighted by Gasteiger charge is 2.23. The van der Waals surface area contributed by atoms with Crippen LogP contribution < -0.4 is 14.8 Å². The summed E-state index contributed by atoms with van der Waals surface area (Å²) in [6.45, 7) is 7.88. The largest absolute Gasteiger partial charge is 0.497 e. The van der Waals surface area contributed by atoms with Crippen molar-refractivity contribution in [1.82, 2.24) is 29.9 Å². The molecule has 0 saturated heterocycles. The lowest BCUT2D eigenvalue weighted by molar-refractivity contribution is -0.119. The van der Waals surface area contributed by atoms with Crippen molar-refractivity contribution in [2.75, 3.05) is 20.0 Å². The van der Waals surface area contributed by atoms with Gasteiger partial charge in [-0.3, -0.25) is 9.36 Å². The van der Waals surface area contributed by atoms with Gasteiger partial charge in [-0.05, 0) is 45.9 Å². The third-order valence-electron chi connectivity index (χ3n) is 5.84. The minimum atomic E-state index is -0.321. The lowest BCUT2D eigenvalue weighted by Gasteiger charge is -2.20. The number of aryl methyl sites for hydroxylation is 1. The lowest BCUT2D eigenvalue weighted by atomic mass is 10.1. The van der Waals surface area contributed by atoms with Crippen LogP contribution in [0.5, 0.6) is 11.5 Å². The summed E-state index contributed by atoms with van der Waals surface area (Å²) in [5, 5.41) is 18.5. The number of rotatable bonds is 8. The monoisotopic (exact) mass is 562 g/mol. The molecule has 0 aliphatic heterocycles. The maximum absolute atomic E-state index is 12.6. The Kier molecular flexibility index (Phi) is 7.37. The first-order valence-electron chi connectivity index (χ1n) is 12.3. The number of hydrogen-bond donors (Lipinski definition) is 1. The van der Waals surface area contributed by atoms with Gasteiger partial charge in [-0.25, -0.2) is 4.68 Å². The average molecular weight is 563 g/mol. The van der Waals surface area contributed by atoms with Crippen molar-refractivity contribution in [3.63, 3.8) is 0 Å². The van der Waals surface area contributed by atoms with Gasteiger partial charge in [0.05, 0.1) is 41.9 Å². The Balaban J connectivity index is 1.62. The summed E-state index contributed by atoms with van der Waals surface area (Å²) in [6, 6.07) is 17.8. The standard InChI is InChI=1S/C28H30N6O3S2/c1-17-22-15-23(39-26(22)34(32-17)18-10-8-7-9-11-18)25-30-31-27(38-16-24(35)29-28(2,3)4)33(25)19-12-20(36-5)14-21(13-19)37-6/h7-15H,16H2,1-6H3,(H,29,35). The van der Waals surface area contributed by atoms with E-state index in [1.807, 2.05) is 85.5 Å². The number of fused-ring (bicyclic) bond motifs is 1. The van der Waals surface area contributed by atoms with Crippen LogP contribution in [0.15, 0.2) is 59.8 Å². The van der Waals surface area contributed by atoms with Crippen LogP contribution in [-0.4, -0.2) is 56.0 Å². The number of methoxy groups -OCH3 is 2. The Morgan fingerprint density at radius 1 is 1.00 bits per heavy atom. The van der Waals surface area contributed by atoms with Crippen LogP contribution in [0.3, 0.4) is 0 Å². The number of nitrogens with zero attached hydrogens (tertiary/aromatic N) is 5. The molecule has 1 N–H and O–H groups in total. The van der Waals surface area contributed by atoms with Gasteiger partial charge in [0.15, 0.2) is 11.0 Å².